The topological polar surface area (TPSA) is 139 Å². The van der Waals surface area contributed by atoms with Crippen LogP contribution in [0.3, 0.4) is 0 Å². The standard InChI is InChI=1S/C20H26F2N8O/c1-29(2)8-7-26-20(31)14-5-3-13(4-6-14)15-9-17(18(23)27-11-15)19(28-24)30(25)12-16(22)10-21/h3-6,9-11H,7-8,12,24-25H2,1-2H3,(H2,23,27)(H,26,31)/b16-10-,28-19-. The molecule has 0 atom stereocenters. The Morgan fingerprint density at radius 1 is 1.26 bits per heavy atom. The van der Waals surface area contributed by atoms with Crippen LogP contribution < -0.4 is 22.7 Å². The Bertz CT molecular complexity index is 960. The molecule has 0 fully saturated rings. The average molecular weight is 432 g/mol. The van der Waals surface area contributed by atoms with Crippen LogP contribution in [0.2, 0.25) is 0 Å². The zero-order valence-corrected chi connectivity index (χ0v) is 17.3. The molecule has 1 aromatic heterocycles. The molecule has 0 unspecified atom stereocenters. The molecule has 2 aromatic rings. The highest BCUT2D eigenvalue weighted by Crippen LogP contribution is 2.23. The number of amides is 1. The average Bonchev–Trinajstić information content (AvgIpc) is 2.75. The molecular weight excluding hydrogens is 406 g/mol. The molecule has 1 heterocycles. The minimum atomic E-state index is -1.11. The van der Waals surface area contributed by atoms with E-state index in [1.807, 2.05) is 19.0 Å². The summed E-state index contributed by atoms with van der Waals surface area (Å²) < 4.78 is 25.6. The number of nitrogens with zero attached hydrogens (tertiary/aromatic N) is 4. The van der Waals surface area contributed by atoms with Gasteiger partial charge < -0.3 is 21.8 Å². The molecule has 11 heteroatoms. The predicted molar refractivity (Wildman–Crippen MR) is 117 cm³/mol. The van der Waals surface area contributed by atoms with Gasteiger partial charge in [0, 0.05) is 30.4 Å². The van der Waals surface area contributed by atoms with Gasteiger partial charge in [-0.2, -0.15) is 5.10 Å². The molecule has 0 aliphatic heterocycles. The fourth-order valence-electron chi connectivity index (χ4n) is 2.69. The van der Waals surface area contributed by atoms with Gasteiger partial charge in [-0.1, -0.05) is 12.1 Å². The lowest BCUT2D eigenvalue weighted by atomic mass is 10.0. The second kappa shape index (κ2) is 11.0. The number of nitrogens with one attached hydrogen (secondary N) is 1. The lowest BCUT2D eigenvalue weighted by molar-refractivity contribution is 0.0951. The Morgan fingerprint density at radius 2 is 1.94 bits per heavy atom. The number of nitrogens with two attached hydrogens (primary N) is 3. The van der Waals surface area contributed by atoms with Crippen molar-refractivity contribution in [3.63, 3.8) is 0 Å². The number of carbonyl (C=O) groups excluding carboxylic acids is 1. The lowest BCUT2D eigenvalue weighted by Crippen LogP contribution is -2.40. The van der Waals surface area contributed by atoms with Crippen molar-refractivity contribution < 1.29 is 13.6 Å². The molecule has 0 spiro atoms. The van der Waals surface area contributed by atoms with E-state index in [4.69, 9.17) is 17.4 Å². The highest BCUT2D eigenvalue weighted by molar-refractivity contribution is 6.03. The van der Waals surface area contributed by atoms with Crippen LogP contribution in [-0.2, 0) is 0 Å². The molecule has 7 N–H and O–H groups in total. The Morgan fingerprint density at radius 3 is 2.52 bits per heavy atom. The van der Waals surface area contributed by atoms with Crippen molar-refractivity contribution >= 4 is 17.6 Å². The van der Waals surface area contributed by atoms with E-state index in [1.165, 1.54) is 6.20 Å². The Balaban J connectivity index is 2.23. The van der Waals surface area contributed by atoms with Crippen molar-refractivity contribution in [2.75, 3.05) is 39.5 Å². The Hall–Kier alpha value is -3.57. The summed E-state index contributed by atoms with van der Waals surface area (Å²) >= 11 is 0. The molecule has 0 radical (unpaired) electrons. The van der Waals surface area contributed by atoms with E-state index in [2.05, 4.69) is 15.4 Å². The van der Waals surface area contributed by atoms with Crippen molar-refractivity contribution in [2.45, 2.75) is 0 Å². The van der Waals surface area contributed by atoms with Gasteiger partial charge in [0.05, 0.1) is 12.1 Å². The number of halogens is 2. The minimum absolute atomic E-state index is 0.0601. The zero-order chi connectivity index (χ0) is 23.0. The monoisotopic (exact) mass is 432 g/mol. The third kappa shape index (κ3) is 6.46. The normalized spacial score (nSPS) is 12.2. The molecule has 0 aliphatic rings. The second-order valence-electron chi connectivity index (χ2n) is 6.93. The van der Waals surface area contributed by atoms with Crippen LogP contribution in [0, 0.1) is 0 Å². The smallest absolute Gasteiger partial charge is 0.251 e. The van der Waals surface area contributed by atoms with Crippen LogP contribution in [0.5, 0.6) is 0 Å². The van der Waals surface area contributed by atoms with E-state index in [1.54, 1.807) is 30.3 Å². The summed E-state index contributed by atoms with van der Waals surface area (Å²) in [5.41, 5.74) is 8.05. The number of likely N-dealkylation sites (N-methyl/N-ethyl adjacent to an activating group) is 1. The van der Waals surface area contributed by atoms with E-state index in [0.29, 0.717) is 17.7 Å². The van der Waals surface area contributed by atoms with Gasteiger partial charge in [-0.3, -0.25) is 9.80 Å². The molecule has 0 saturated heterocycles. The summed E-state index contributed by atoms with van der Waals surface area (Å²) in [5.74, 6) is 9.85. The summed E-state index contributed by atoms with van der Waals surface area (Å²) in [6, 6.07) is 8.50. The second-order valence-corrected chi connectivity index (χ2v) is 6.93. The van der Waals surface area contributed by atoms with Gasteiger partial charge in [0.2, 0.25) is 0 Å². The number of nitrogen functional groups attached to an aromatic ring is 1. The number of hydrogen-bond acceptors (Lipinski definition) is 7. The number of aromatic nitrogens is 1. The molecule has 2 rings (SSSR count). The summed E-state index contributed by atoms with van der Waals surface area (Å²) in [6.07, 6.45) is 1.33. The summed E-state index contributed by atoms with van der Waals surface area (Å²) in [6.45, 7) is 0.680. The number of rotatable bonds is 8. The molecule has 166 valence electrons. The van der Waals surface area contributed by atoms with Crippen molar-refractivity contribution in [1.82, 2.24) is 20.2 Å². The van der Waals surface area contributed by atoms with Gasteiger partial charge in [-0.05, 0) is 37.9 Å². The van der Waals surface area contributed by atoms with E-state index in [-0.39, 0.29) is 29.5 Å². The first-order valence-electron chi connectivity index (χ1n) is 9.31. The minimum Gasteiger partial charge on any atom is -0.383 e. The van der Waals surface area contributed by atoms with Crippen molar-refractivity contribution in [3.8, 4) is 11.1 Å². The first-order valence-corrected chi connectivity index (χ1v) is 9.31. The summed E-state index contributed by atoms with van der Waals surface area (Å²) in [4.78, 5) is 18.3. The Kier molecular flexibility index (Phi) is 8.41. The van der Waals surface area contributed by atoms with Gasteiger partial charge in [-0.15, -0.1) is 0 Å². The number of anilines is 1. The van der Waals surface area contributed by atoms with Gasteiger partial charge in [0.25, 0.3) is 5.91 Å². The first-order chi connectivity index (χ1) is 14.8. The van der Waals surface area contributed by atoms with E-state index < -0.39 is 12.4 Å². The number of hydrazine groups is 1. The quantitative estimate of drug-likeness (QED) is 0.213. The van der Waals surface area contributed by atoms with Crippen molar-refractivity contribution in [1.29, 1.82) is 0 Å². The van der Waals surface area contributed by atoms with Gasteiger partial charge in [0.1, 0.15) is 18.0 Å². The number of amidine groups is 1. The summed E-state index contributed by atoms with van der Waals surface area (Å²) in [7, 11) is 3.85. The van der Waals surface area contributed by atoms with Gasteiger partial charge in [-0.25, -0.2) is 19.6 Å². The maximum atomic E-state index is 13.2. The van der Waals surface area contributed by atoms with Crippen molar-refractivity contribution in [2.24, 2.45) is 16.8 Å². The maximum absolute atomic E-state index is 13.2. The van der Waals surface area contributed by atoms with Crippen LogP contribution in [0.25, 0.3) is 11.1 Å². The van der Waals surface area contributed by atoms with E-state index >= 15 is 0 Å². The van der Waals surface area contributed by atoms with Crippen LogP contribution in [0.15, 0.2) is 53.8 Å². The largest absolute Gasteiger partial charge is 0.383 e. The molecule has 1 aromatic carbocycles. The molecule has 0 aliphatic carbocycles. The van der Waals surface area contributed by atoms with Crippen LogP contribution >= 0.6 is 0 Å². The highest BCUT2D eigenvalue weighted by Gasteiger charge is 2.17. The molecule has 0 saturated carbocycles. The van der Waals surface area contributed by atoms with Crippen LogP contribution in [0.4, 0.5) is 14.6 Å². The predicted octanol–water partition coefficient (Wildman–Crippen LogP) is 1.20. The third-order valence-electron chi connectivity index (χ3n) is 4.32. The highest BCUT2D eigenvalue weighted by atomic mass is 19.2. The fraction of sp³-hybridized carbons (Fsp3) is 0.250. The Labute approximate surface area is 179 Å². The first kappa shape index (κ1) is 23.7. The molecule has 31 heavy (non-hydrogen) atoms. The van der Waals surface area contributed by atoms with E-state index in [0.717, 1.165) is 17.1 Å². The number of hydrogen-bond donors (Lipinski definition) is 4. The molecule has 0 bridgehead atoms. The SMILES string of the molecule is CN(C)CCNC(=O)c1ccc(-c2cnc(N)c(/C(=N/N)N(N)C/C(F)=C/F)c2)cc1. The number of benzene rings is 1. The number of carbonyl (C=O) groups is 1. The lowest BCUT2D eigenvalue weighted by Gasteiger charge is -2.20. The third-order valence-corrected chi connectivity index (χ3v) is 4.32. The van der Waals surface area contributed by atoms with Gasteiger partial charge >= 0.3 is 0 Å². The number of pyridine rings is 1. The van der Waals surface area contributed by atoms with Gasteiger partial charge in [0.15, 0.2) is 5.84 Å². The van der Waals surface area contributed by atoms with E-state index in [9.17, 15) is 13.6 Å². The molecule has 1 amide bonds. The van der Waals surface area contributed by atoms with Crippen LogP contribution in [0.1, 0.15) is 15.9 Å². The van der Waals surface area contributed by atoms with Crippen molar-refractivity contribution in [3.05, 3.63) is 59.8 Å². The summed E-state index contributed by atoms with van der Waals surface area (Å²) in [5, 5.41) is 7.21. The number of hydrazone groups is 1. The molecule has 9 nitrogen and oxygen atoms in total. The molecular formula is C20H26F2N8O. The zero-order valence-electron chi connectivity index (χ0n) is 17.3. The maximum Gasteiger partial charge on any atom is 0.251 e. The van der Waals surface area contributed by atoms with Crippen LogP contribution in [-0.4, -0.2) is 60.4 Å². The fourth-order valence-corrected chi connectivity index (χ4v) is 2.69.